The van der Waals surface area contributed by atoms with Crippen LogP contribution in [0.4, 0.5) is 13.2 Å². The van der Waals surface area contributed by atoms with Gasteiger partial charge in [0, 0.05) is 0 Å². The van der Waals surface area contributed by atoms with Gasteiger partial charge >= 0.3 is 12.1 Å². The van der Waals surface area contributed by atoms with Gasteiger partial charge in [-0.05, 0) is 42.5 Å². The molecule has 0 aliphatic rings. The number of hydrogen-bond acceptors (Lipinski definition) is 5. The lowest BCUT2D eigenvalue weighted by Crippen LogP contribution is -2.20. The van der Waals surface area contributed by atoms with Gasteiger partial charge in [0.25, 0.3) is 0 Å². The molecule has 0 saturated heterocycles. The summed E-state index contributed by atoms with van der Waals surface area (Å²) in [6.45, 7) is -0.425. The Labute approximate surface area is 166 Å². The summed E-state index contributed by atoms with van der Waals surface area (Å²) in [5, 5.41) is 0. The van der Waals surface area contributed by atoms with Crippen LogP contribution in [0.5, 0.6) is 17.2 Å². The number of halogens is 3. The van der Waals surface area contributed by atoms with Crippen LogP contribution in [-0.4, -0.2) is 33.0 Å². The summed E-state index contributed by atoms with van der Waals surface area (Å²) in [5.74, 6) is 0.363. The van der Waals surface area contributed by atoms with E-state index in [1.165, 1.54) is 0 Å². The Morgan fingerprint density at radius 3 is 2.07 bits per heavy atom. The standard InChI is InChI=1S/C21H19F3O5/c1-26-14-18(20(25)27-2)19(21(22,23)24)12-13-28-15-8-10-17(11-9-15)29-16-6-4-3-5-7-16/h3-12,14H,13H2,1-2H3. The fourth-order valence-electron chi connectivity index (χ4n) is 2.28. The quantitative estimate of drug-likeness (QED) is 0.265. The van der Waals surface area contributed by atoms with Crippen molar-refractivity contribution in [3.8, 4) is 17.2 Å². The molecular formula is C21H19F3O5. The molecule has 154 valence electrons. The Bertz CT molecular complexity index is 856. The van der Waals surface area contributed by atoms with Crippen LogP contribution in [0, 0.1) is 0 Å². The lowest BCUT2D eigenvalue weighted by Gasteiger charge is -2.14. The van der Waals surface area contributed by atoms with Gasteiger partial charge in [-0.2, -0.15) is 13.2 Å². The summed E-state index contributed by atoms with van der Waals surface area (Å²) in [6.07, 6.45) is -3.37. The van der Waals surface area contributed by atoms with Crippen LogP contribution in [0.2, 0.25) is 0 Å². The second-order valence-corrected chi connectivity index (χ2v) is 5.57. The molecule has 0 fully saturated rings. The molecule has 0 amide bonds. The molecule has 5 nitrogen and oxygen atoms in total. The number of rotatable bonds is 8. The van der Waals surface area contributed by atoms with E-state index >= 15 is 0 Å². The lowest BCUT2D eigenvalue weighted by atomic mass is 10.1. The van der Waals surface area contributed by atoms with E-state index in [0.29, 0.717) is 23.5 Å². The summed E-state index contributed by atoms with van der Waals surface area (Å²) in [7, 11) is 2.11. The van der Waals surface area contributed by atoms with Crippen LogP contribution < -0.4 is 9.47 Å². The number of carbonyl (C=O) groups is 1. The number of methoxy groups -OCH3 is 2. The van der Waals surface area contributed by atoms with Crippen molar-refractivity contribution in [2.24, 2.45) is 0 Å². The van der Waals surface area contributed by atoms with Crippen LogP contribution in [0.3, 0.4) is 0 Å². The summed E-state index contributed by atoms with van der Waals surface area (Å²) in [6, 6.07) is 15.5. The van der Waals surface area contributed by atoms with E-state index in [9.17, 15) is 18.0 Å². The van der Waals surface area contributed by atoms with Crippen LogP contribution in [0.1, 0.15) is 0 Å². The molecule has 0 aliphatic heterocycles. The molecule has 0 aromatic heterocycles. The number of hydrogen-bond donors (Lipinski definition) is 0. The Balaban J connectivity index is 2.08. The van der Waals surface area contributed by atoms with E-state index in [2.05, 4.69) is 9.47 Å². The van der Waals surface area contributed by atoms with Gasteiger partial charge in [0.05, 0.1) is 26.1 Å². The van der Waals surface area contributed by atoms with E-state index in [1.807, 2.05) is 18.2 Å². The molecule has 0 atom stereocenters. The first kappa shape index (κ1) is 21.9. The SMILES string of the molecule is COC=C(C(=O)OC)C(=CCOc1ccc(Oc2ccccc2)cc1)C(F)(F)F. The maximum atomic E-state index is 13.3. The molecular weight excluding hydrogens is 389 g/mol. The number of para-hydroxylation sites is 1. The Kier molecular flexibility index (Phi) is 7.70. The van der Waals surface area contributed by atoms with E-state index in [4.69, 9.17) is 9.47 Å². The third-order valence-electron chi connectivity index (χ3n) is 3.58. The molecule has 0 bridgehead atoms. The summed E-state index contributed by atoms with van der Waals surface area (Å²) >= 11 is 0. The van der Waals surface area contributed by atoms with Crippen LogP contribution in [0.25, 0.3) is 0 Å². The highest BCUT2D eigenvalue weighted by Crippen LogP contribution is 2.32. The molecule has 2 aromatic carbocycles. The third kappa shape index (κ3) is 6.60. The van der Waals surface area contributed by atoms with Crippen LogP contribution >= 0.6 is 0 Å². The molecule has 2 rings (SSSR count). The number of alkyl halides is 3. The number of carbonyl (C=O) groups excluding carboxylic acids is 1. The molecule has 2 aromatic rings. The number of ether oxygens (including phenoxy) is 4. The van der Waals surface area contributed by atoms with Crippen molar-refractivity contribution in [3.63, 3.8) is 0 Å². The summed E-state index contributed by atoms with van der Waals surface area (Å²) in [5.41, 5.74) is -1.96. The first-order valence-electron chi connectivity index (χ1n) is 8.40. The Morgan fingerprint density at radius 2 is 1.52 bits per heavy atom. The molecule has 0 N–H and O–H groups in total. The first-order chi connectivity index (χ1) is 13.8. The lowest BCUT2D eigenvalue weighted by molar-refractivity contribution is -0.138. The largest absolute Gasteiger partial charge is 0.503 e. The smallest absolute Gasteiger partial charge is 0.417 e. The van der Waals surface area contributed by atoms with Gasteiger partial charge < -0.3 is 18.9 Å². The van der Waals surface area contributed by atoms with Gasteiger partial charge in [0.2, 0.25) is 0 Å². The van der Waals surface area contributed by atoms with Crippen molar-refractivity contribution < 1.29 is 36.9 Å². The van der Waals surface area contributed by atoms with Crippen LogP contribution in [-0.2, 0) is 14.3 Å². The van der Waals surface area contributed by atoms with E-state index in [0.717, 1.165) is 20.3 Å². The molecule has 29 heavy (non-hydrogen) atoms. The minimum Gasteiger partial charge on any atom is -0.503 e. The fourth-order valence-corrected chi connectivity index (χ4v) is 2.28. The molecule has 0 radical (unpaired) electrons. The molecule has 0 unspecified atom stereocenters. The average Bonchev–Trinajstić information content (AvgIpc) is 2.70. The maximum absolute atomic E-state index is 13.3. The van der Waals surface area contributed by atoms with E-state index in [1.54, 1.807) is 36.4 Å². The van der Waals surface area contributed by atoms with Gasteiger partial charge in [-0.1, -0.05) is 18.2 Å². The highest BCUT2D eigenvalue weighted by molar-refractivity contribution is 5.93. The van der Waals surface area contributed by atoms with Gasteiger partial charge in [-0.15, -0.1) is 0 Å². The molecule has 0 spiro atoms. The predicted molar refractivity (Wildman–Crippen MR) is 99.7 cm³/mol. The Hall–Kier alpha value is -3.42. The van der Waals surface area contributed by atoms with Crippen molar-refractivity contribution in [3.05, 3.63) is 78.1 Å². The zero-order valence-electron chi connectivity index (χ0n) is 15.7. The van der Waals surface area contributed by atoms with Gasteiger partial charge in [-0.3, -0.25) is 0 Å². The highest BCUT2D eigenvalue weighted by atomic mass is 19.4. The molecule has 8 heteroatoms. The highest BCUT2D eigenvalue weighted by Gasteiger charge is 2.39. The normalized spacial score (nSPS) is 12.3. The molecule has 0 aliphatic carbocycles. The number of esters is 1. The molecule has 0 saturated carbocycles. The van der Waals surface area contributed by atoms with Crippen molar-refractivity contribution in [2.45, 2.75) is 6.18 Å². The van der Waals surface area contributed by atoms with Crippen molar-refractivity contribution >= 4 is 5.97 Å². The average molecular weight is 408 g/mol. The minimum absolute atomic E-state index is 0.332. The topological polar surface area (TPSA) is 54.0 Å². The zero-order valence-corrected chi connectivity index (χ0v) is 15.7. The monoisotopic (exact) mass is 408 g/mol. The predicted octanol–water partition coefficient (Wildman–Crippen LogP) is 5.05. The summed E-state index contributed by atoms with van der Waals surface area (Å²) in [4.78, 5) is 11.6. The van der Waals surface area contributed by atoms with Gasteiger partial charge in [0.15, 0.2) is 0 Å². The van der Waals surface area contributed by atoms with Crippen molar-refractivity contribution in [1.29, 1.82) is 0 Å². The third-order valence-corrected chi connectivity index (χ3v) is 3.58. The zero-order chi connectivity index (χ0) is 21.3. The fraction of sp³-hybridized carbons (Fsp3) is 0.190. The van der Waals surface area contributed by atoms with E-state index in [-0.39, 0.29) is 0 Å². The second kappa shape index (κ2) is 10.2. The van der Waals surface area contributed by atoms with Gasteiger partial charge in [0.1, 0.15) is 29.4 Å². The second-order valence-electron chi connectivity index (χ2n) is 5.57. The van der Waals surface area contributed by atoms with Crippen molar-refractivity contribution in [1.82, 2.24) is 0 Å². The maximum Gasteiger partial charge on any atom is 0.417 e. The molecule has 0 heterocycles. The summed E-state index contributed by atoms with van der Waals surface area (Å²) < 4.78 is 59.9. The van der Waals surface area contributed by atoms with Gasteiger partial charge in [-0.25, -0.2) is 4.79 Å². The van der Waals surface area contributed by atoms with E-state index < -0.39 is 29.9 Å². The van der Waals surface area contributed by atoms with Crippen molar-refractivity contribution in [2.75, 3.05) is 20.8 Å². The minimum atomic E-state index is -4.80. The first-order valence-corrected chi connectivity index (χ1v) is 8.40. The van der Waals surface area contributed by atoms with Crippen LogP contribution in [0.15, 0.2) is 78.1 Å². The number of benzene rings is 2. The Morgan fingerprint density at radius 1 is 0.931 bits per heavy atom.